The van der Waals surface area contributed by atoms with Crippen molar-refractivity contribution in [1.29, 1.82) is 0 Å². The maximum atomic E-state index is 9.14. The Hall–Kier alpha value is -1.65. The predicted molar refractivity (Wildman–Crippen MR) is 80.8 cm³/mol. The molecule has 106 valence electrons. The fourth-order valence-corrected chi connectivity index (χ4v) is 2.40. The van der Waals surface area contributed by atoms with E-state index in [0.717, 1.165) is 22.5 Å². The molecule has 1 aromatic heterocycles. The van der Waals surface area contributed by atoms with Crippen molar-refractivity contribution in [1.82, 2.24) is 9.97 Å². The van der Waals surface area contributed by atoms with E-state index >= 15 is 0 Å². The average Bonchev–Trinajstić information content (AvgIpc) is 2.45. The molecule has 0 unspecified atom stereocenters. The first-order valence-electron chi connectivity index (χ1n) is 6.54. The van der Waals surface area contributed by atoms with Crippen LogP contribution in [0.3, 0.4) is 0 Å². The van der Waals surface area contributed by atoms with Crippen LogP contribution in [0.4, 0.5) is 5.82 Å². The highest BCUT2D eigenvalue weighted by atomic mass is 35.5. The Morgan fingerprint density at radius 3 is 2.70 bits per heavy atom. The van der Waals surface area contributed by atoms with Crippen molar-refractivity contribution in [3.63, 3.8) is 0 Å². The topological polar surface area (TPSA) is 58.0 Å². The summed E-state index contributed by atoms with van der Waals surface area (Å²) in [5.74, 6) is 1.00. The first-order chi connectivity index (χ1) is 9.61. The lowest BCUT2D eigenvalue weighted by atomic mass is 10.1. The number of benzene rings is 1. The van der Waals surface area contributed by atoms with Crippen LogP contribution in [0.2, 0.25) is 5.15 Å². The molecule has 1 heterocycles. The minimum Gasteiger partial charge on any atom is -0.392 e. The number of hydrogen-bond donors (Lipinski definition) is 2. The molecule has 0 bridgehead atoms. The zero-order valence-electron chi connectivity index (χ0n) is 11.6. The molecule has 2 rings (SSSR count). The van der Waals surface area contributed by atoms with Crippen molar-refractivity contribution in [2.24, 2.45) is 0 Å². The van der Waals surface area contributed by atoms with Crippen molar-refractivity contribution >= 4 is 17.4 Å². The average molecular weight is 292 g/mol. The van der Waals surface area contributed by atoms with E-state index in [1.807, 2.05) is 24.3 Å². The standard InChI is InChI=1S/C15H18ClN3O/c1-10(2)13-14(16)18-9-19-15(13)17-7-11-4-3-5-12(6-11)8-20/h3-6,9-10,20H,7-8H2,1-2H3,(H,17,18,19). The second-order valence-corrected chi connectivity index (χ2v) is 5.27. The van der Waals surface area contributed by atoms with Gasteiger partial charge in [-0.15, -0.1) is 0 Å². The molecule has 0 aliphatic heterocycles. The van der Waals surface area contributed by atoms with E-state index in [-0.39, 0.29) is 12.5 Å². The summed E-state index contributed by atoms with van der Waals surface area (Å²) in [7, 11) is 0. The molecule has 0 amide bonds. The molecule has 2 N–H and O–H groups in total. The van der Waals surface area contributed by atoms with Gasteiger partial charge < -0.3 is 10.4 Å². The van der Waals surface area contributed by atoms with Gasteiger partial charge in [-0.3, -0.25) is 0 Å². The maximum absolute atomic E-state index is 9.14. The van der Waals surface area contributed by atoms with Crippen LogP contribution in [0.5, 0.6) is 0 Å². The Kier molecular flexibility index (Phi) is 4.93. The monoisotopic (exact) mass is 291 g/mol. The molecule has 1 aromatic carbocycles. The Bertz CT molecular complexity index is 587. The Labute approximate surface area is 123 Å². The fourth-order valence-electron chi connectivity index (χ4n) is 2.05. The van der Waals surface area contributed by atoms with Gasteiger partial charge in [-0.1, -0.05) is 49.7 Å². The summed E-state index contributed by atoms with van der Waals surface area (Å²) in [6.45, 7) is 4.79. The van der Waals surface area contributed by atoms with Crippen LogP contribution in [0.1, 0.15) is 36.5 Å². The van der Waals surface area contributed by atoms with Gasteiger partial charge in [0.25, 0.3) is 0 Å². The molecule has 20 heavy (non-hydrogen) atoms. The van der Waals surface area contributed by atoms with Gasteiger partial charge in [0.15, 0.2) is 0 Å². The molecule has 0 radical (unpaired) electrons. The molecule has 0 aliphatic rings. The van der Waals surface area contributed by atoms with Crippen molar-refractivity contribution in [3.8, 4) is 0 Å². The summed E-state index contributed by atoms with van der Waals surface area (Å²) in [6, 6.07) is 7.79. The lowest BCUT2D eigenvalue weighted by Gasteiger charge is -2.14. The minimum absolute atomic E-state index is 0.0461. The lowest BCUT2D eigenvalue weighted by molar-refractivity contribution is 0.281. The van der Waals surface area contributed by atoms with Gasteiger partial charge in [-0.25, -0.2) is 9.97 Å². The quantitative estimate of drug-likeness (QED) is 0.830. The maximum Gasteiger partial charge on any atom is 0.138 e. The first kappa shape index (κ1) is 14.8. The predicted octanol–water partition coefficient (Wildman–Crippen LogP) is 3.36. The summed E-state index contributed by atoms with van der Waals surface area (Å²) in [5, 5.41) is 12.9. The number of halogens is 1. The van der Waals surface area contributed by atoms with E-state index in [1.54, 1.807) is 0 Å². The first-order valence-corrected chi connectivity index (χ1v) is 6.92. The van der Waals surface area contributed by atoms with Crippen molar-refractivity contribution < 1.29 is 5.11 Å². The minimum atomic E-state index is 0.0461. The van der Waals surface area contributed by atoms with E-state index in [4.69, 9.17) is 16.7 Å². The van der Waals surface area contributed by atoms with Crippen molar-refractivity contribution in [2.75, 3.05) is 5.32 Å². The number of nitrogens with zero attached hydrogens (tertiary/aromatic N) is 2. The Morgan fingerprint density at radius 1 is 1.25 bits per heavy atom. The van der Waals surface area contributed by atoms with Crippen molar-refractivity contribution in [2.45, 2.75) is 32.9 Å². The highest BCUT2D eigenvalue weighted by Gasteiger charge is 2.13. The van der Waals surface area contributed by atoms with Crippen LogP contribution in [-0.4, -0.2) is 15.1 Å². The number of aliphatic hydroxyl groups excluding tert-OH is 1. The summed E-state index contributed by atoms with van der Waals surface area (Å²) < 4.78 is 0. The molecule has 0 saturated heterocycles. The van der Waals surface area contributed by atoms with Crippen LogP contribution in [0.25, 0.3) is 0 Å². The van der Waals surface area contributed by atoms with E-state index in [9.17, 15) is 0 Å². The molecular formula is C15H18ClN3O. The largest absolute Gasteiger partial charge is 0.392 e. The molecule has 2 aromatic rings. The highest BCUT2D eigenvalue weighted by molar-refractivity contribution is 6.30. The number of anilines is 1. The molecular weight excluding hydrogens is 274 g/mol. The van der Waals surface area contributed by atoms with Crippen LogP contribution in [0.15, 0.2) is 30.6 Å². The molecule has 0 fully saturated rings. The van der Waals surface area contributed by atoms with Crippen LogP contribution < -0.4 is 5.32 Å². The summed E-state index contributed by atoms with van der Waals surface area (Å²) in [6.07, 6.45) is 1.46. The zero-order valence-corrected chi connectivity index (χ0v) is 12.4. The number of aromatic nitrogens is 2. The van der Waals surface area contributed by atoms with Gasteiger partial charge >= 0.3 is 0 Å². The third-order valence-electron chi connectivity index (χ3n) is 3.05. The molecule has 0 spiro atoms. The van der Waals surface area contributed by atoms with E-state index in [1.165, 1.54) is 6.33 Å². The molecule has 0 saturated carbocycles. The van der Waals surface area contributed by atoms with Crippen LogP contribution >= 0.6 is 11.6 Å². The summed E-state index contributed by atoms with van der Waals surface area (Å²) in [5.41, 5.74) is 2.91. The molecule has 5 heteroatoms. The van der Waals surface area contributed by atoms with E-state index in [2.05, 4.69) is 29.1 Å². The second-order valence-electron chi connectivity index (χ2n) is 4.91. The highest BCUT2D eigenvalue weighted by Crippen LogP contribution is 2.28. The number of aliphatic hydroxyl groups is 1. The zero-order chi connectivity index (χ0) is 14.5. The lowest BCUT2D eigenvalue weighted by Crippen LogP contribution is -2.07. The molecule has 0 aliphatic carbocycles. The Morgan fingerprint density at radius 2 is 2.00 bits per heavy atom. The smallest absolute Gasteiger partial charge is 0.138 e. The number of hydrogen-bond acceptors (Lipinski definition) is 4. The SMILES string of the molecule is CC(C)c1c(Cl)ncnc1NCc1cccc(CO)c1. The van der Waals surface area contributed by atoms with E-state index < -0.39 is 0 Å². The molecule has 0 atom stereocenters. The van der Waals surface area contributed by atoms with Gasteiger partial charge in [-0.2, -0.15) is 0 Å². The van der Waals surface area contributed by atoms with Gasteiger partial charge in [0.1, 0.15) is 17.3 Å². The van der Waals surface area contributed by atoms with Crippen molar-refractivity contribution in [3.05, 3.63) is 52.4 Å². The fraction of sp³-hybridized carbons (Fsp3) is 0.333. The van der Waals surface area contributed by atoms with Gasteiger partial charge in [0, 0.05) is 12.1 Å². The van der Waals surface area contributed by atoms with Gasteiger partial charge in [0.05, 0.1) is 6.61 Å². The normalized spacial score (nSPS) is 10.8. The van der Waals surface area contributed by atoms with Crippen LogP contribution in [0, 0.1) is 0 Å². The Balaban J connectivity index is 2.16. The van der Waals surface area contributed by atoms with Gasteiger partial charge in [0.2, 0.25) is 0 Å². The number of nitrogens with one attached hydrogen (secondary N) is 1. The van der Waals surface area contributed by atoms with E-state index in [0.29, 0.717) is 11.7 Å². The summed E-state index contributed by atoms with van der Waals surface area (Å²) in [4.78, 5) is 8.29. The second kappa shape index (κ2) is 6.68. The number of rotatable bonds is 5. The van der Waals surface area contributed by atoms with Gasteiger partial charge in [-0.05, 0) is 17.0 Å². The third kappa shape index (κ3) is 3.46. The van der Waals surface area contributed by atoms with Crippen LogP contribution in [-0.2, 0) is 13.2 Å². The third-order valence-corrected chi connectivity index (χ3v) is 3.35. The summed E-state index contributed by atoms with van der Waals surface area (Å²) >= 11 is 6.13. The molecule has 4 nitrogen and oxygen atoms in total.